The summed E-state index contributed by atoms with van der Waals surface area (Å²) in [4.78, 5) is 61.4. The first-order valence-electron chi connectivity index (χ1n) is 10.2. The molecule has 14 nitrogen and oxygen atoms in total. The highest BCUT2D eigenvalue weighted by Gasteiger charge is 2.51. The maximum atomic E-state index is 12.8. The number of non-ortho nitro benzene ring substituents is 1. The van der Waals surface area contributed by atoms with E-state index in [0.717, 1.165) is 18.4 Å². The van der Waals surface area contributed by atoms with Gasteiger partial charge in [0.25, 0.3) is 5.69 Å². The summed E-state index contributed by atoms with van der Waals surface area (Å²) < 4.78 is 27.7. The van der Waals surface area contributed by atoms with Crippen molar-refractivity contribution in [1.29, 1.82) is 0 Å². The van der Waals surface area contributed by atoms with Crippen molar-refractivity contribution in [2.45, 2.75) is 45.3 Å². The average molecular weight is 491 g/mol. The lowest BCUT2D eigenvalue weighted by atomic mass is 10.1. The molecule has 0 saturated carbocycles. The second-order valence-corrected chi connectivity index (χ2v) is 7.32. The number of hydrogen-bond donors (Lipinski definition) is 0. The van der Waals surface area contributed by atoms with Gasteiger partial charge in [-0.05, 0) is 12.1 Å². The Hall–Kier alpha value is -4.33. The lowest BCUT2D eigenvalue weighted by Gasteiger charge is -2.23. The molecule has 0 radical (unpaired) electrons. The minimum Gasteiger partial charge on any atom is -0.463 e. The number of nitro groups is 1. The zero-order valence-electron chi connectivity index (χ0n) is 18.8. The van der Waals surface area contributed by atoms with E-state index < -0.39 is 53.1 Å². The number of aromatic nitrogens is 2. The molecule has 14 heteroatoms. The number of hydrogen-bond acceptors (Lipinski definition) is 12. The topological polar surface area (TPSA) is 175 Å². The van der Waals surface area contributed by atoms with Crippen LogP contribution in [0.5, 0.6) is 11.6 Å². The van der Waals surface area contributed by atoms with Gasteiger partial charge in [-0.15, -0.1) is 0 Å². The van der Waals surface area contributed by atoms with Crippen molar-refractivity contribution in [3.8, 4) is 11.6 Å². The van der Waals surface area contributed by atoms with Crippen LogP contribution in [-0.2, 0) is 33.3 Å². The summed E-state index contributed by atoms with van der Waals surface area (Å²) in [5.41, 5.74) is -0.998. The molecule has 4 atom stereocenters. The molecule has 186 valence electrons. The quantitative estimate of drug-likeness (QED) is 0.224. The van der Waals surface area contributed by atoms with Crippen LogP contribution in [-0.4, -0.2) is 57.3 Å². The number of benzene rings is 1. The Balaban J connectivity index is 1.87. The Morgan fingerprint density at radius 1 is 1.03 bits per heavy atom. The monoisotopic (exact) mass is 491 g/mol. The third kappa shape index (κ3) is 6.38. The van der Waals surface area contributed by atoms with E-state index in [-0.39, 0.29) is 23.9 Å². The van der Waals surface area contributed by atoms with Crippen LogP contribution in [0.1, 0.15) is 27.0 Å². The molecule has 1 aromatic carbocycles. The standard InChI is InChI=1S/C21H21N3O11/c1-11(25)31-10-16-18(32-12(2)26)19(33-13(3)27)20(35-16)23-9-8-17(22-21(23)28)34-15-6-4-14(5-7-15)24(29)30/h4-9,16,18-20H,10H2,1-3H3/t16-,18-,19-,20-/m1/s1. The molecule has 1 aromatic heterocycles. The molecule has 1 aliphatic rings. The van der Waals surface area contributed by atoms with Crippen molar-refractivity contribution in [2.24, 2.45) is 0 Å². The molecule has 0 bridgehead atoms. The summed E-state index contributed by atoms with van der Waals surface area (Å²) >= 11 is 0. The van der Waals surface area contributed by atoms with Gasteiger partial charge in [0, 0.05) is 45.2 Å². The van der Waals surface area contributed by atoms with Crippen LogP contribution in [0.4, 0.5) is 5.69 Å². The van der Waals surface area contributed by atoms with E-state index in [2.05, 4.69) is 4.98 Å². The first-order chi connectivity index (χ1) is 16.5. The molecular weight excluding hydrogens is 470 g/mol. The highest BCUT2D eigenvalue weighted by atomic mass is 16.7. The molecule has 1 aliphatic heterocycles. The molecule has 0 amide bonds. The smallest absolute Gasteiger partial charge is 0.353 e. The molecule has 0 aliphatic carbocycles. The van der Waals surface area contributed by atoms with Gasteiger partial charge in [-0.1, -0.05) is 0 Å². The summed E-state index contributed by atoms with van der Waals surface area (Å²) in [6.07, 6.45) is -3.48. The van der Waals surface area contributed by atoms with E-state index in [9.17, 15) is 29.3 Å². The summed E-state index contributed by atoms with van der Waals surface area (Å²) in [7, 11) is 0. The lowest BCUT2D eigenvalue weighted by Crippen LogP contribution is -2.41. The highest BCUT2D eigenvalue weighted by Crippen LogP contribution is 2.34. The van der Waals surface area contributed by atoms with Crippen molar-refractivity contribution in [3.63, 3.8) is 0 Å². The van der Waals surface area contributed by atoms with Crippen LogP contribution in [0.2, 0.25) is 0 Å². The fraction of sp³-hybridized carbons (Fsp3) is 0.381. The van der Waals surface area contributed by atoms with Crippen molar-refractivity contribution in [3.05, 3.63) is 57.1 Å². The first-order valence-corrected chi connectivity index (χ1v) is 10.2. The minimum absolute atomic E-state index is 0.116. The summed E-state index contributed by atoms with van der Waals surface area (Å²) in [5, 5.41) is 10.8. The van der Waals surface area contributed by atoms with Gasteiger partial charge in [-0.25, -0.2) is 4.79 Å². The van der Waals surface area contributed by atoms with Crippen LogP contribution >= 0.6 is 0 Å². The zero-order chi connectivity index (χ0) is 25.7. The maximum Gasteiger partial charge on any atom is 0.353 e. The van der Waals surface area contributed by atoms with E-state index in [1.165, 1.54) is 43.5 Å². The summed E-state index contributed by atoms with van der Waals surface area (Å²) in [5.74, 6) is -1.97. The van der Waals surface area contributed by atoms with E-state index in [1.54, 1.807) is 0 Å². The average Bonchev–Trinajstić information content (AvgIpc) is 3.08. The fourth-order valence-corrected chi connectivity index (χ4v) is 3.32. The van der Waals surface area contributed by atoms with Gasteiger partial charge in [0.2, 0.25) is 5.88 Å². The summed E-state index contributed by atoms with van der Waals surface area (Å²) in [6, 6.07) is 6.45. The molecule has 0 unspecified atom stereocenters. The largest absolute Gasteiger partial charge is 0.463 e. The summed E-state index contributed by atoms with van der Waals surface area (Å²) in [6.45, 7) is 3.11. The Bertz CT molecular complexity index is 1180. The molecule has 35 heavy (non-hydrogen) atoms. The van der Waals surface area contributed by atoms with E-state index in [1.807, 2.05) is 0 Å². The highest BCUT2D eigenvalue weighted by molar-refractivity contribution is 5.68. The van der Waals surface area contributed by atoms with E-state index in [4.69, 9.17) is 23.7 Å². The van der Waals surface area contributed by atoms with Gasteiger partial charge in [-0.3, -0.25) is 29.1 Å². The molecule has 1 saturated heterocycles. The van der Waals surface area contributed by atoms with E-state index >= 15 is 0 Å². The van der Waals surface area contributed by atoms with Gasteiger partial charge in [0.1, 0.15) is 18.5 Å². The molecule has 0 N–H and O–H groups in total. The van der Waals surface area contributed by atoms with Gasteiger partial charge in [-0.2, -0.15) is 4.98 Å². The predicted octanol–water partition coefficient (Wildman–Crippen LogP) is 1.27. The van der Waals surface area contributed by atoms with Gasteiger partial charge in [0.05, 0.1) is 4.92 Å². The number of ether oxygens (including phenoxy) is 5. The molecular formula is C21H21N3O11. The number of carbonyl (C=O) groups is 3. The number of nitrogens with zero attached hydrogens (tertiary/aromatic N) is 3. The molecule has 2 heterocycles. The number of nitro benzene ring substituents is 1. The molecule has 2 aromatic rings. The van der Waals surface area contributed by atoms with Crippen LogP contribution in [0, 0.1) is 10.1 Å². The second kappa shape index (κ2) is 10.7. The van der Waals surface area contributed by atoms with E-state index in [0.29, 0.717) is 0 Å². The Morgan fingerprint density at radius 2 is 1.66 bits per heavy atom. The van der Waals surface area contributed by atoms with Gasteiger partial charge in [0.15, 0.2) is 18.4 Å². The van der Waals surface area contributed by atoms with Crippen molar-refractivity contribution < 1.29 is 43.0 Å². The van der Waals surface area contributed by atoms with Crippen molar-refractivity contribution in [1.82, 2.24) is 9.55 Å². The number of carbonyl (C=O) groups excluding carboxylic acids is 3. The SMILES string of the molecule is CC(=O)OC[C@H]1O[C@@H](n2ccc(Oc3ccc([N+](=O)[O-])cc3)nc2=O)[C@H](OC(C)=O)[C@@H]1OC(C)=O. The van der Waals surface area contributed by atoms with Crippen molar-refractivity contribution in [2.75, 3.05) is 6.61 Å². The minimum atomic E-state index is -1.27. The normalized spacial score (nSPS) is 21.1. The van der Waals surface area contributed by atoms with Crippen LogP contribution in [0.25, 0.3) is 0 Å². The van der Waals surface area contributed by atoms with Crippen LogP contribution in [0.15, 0.2) is 41.3 Å². The lowest BCUT2D eigenvalue weighted by molar-refractivity contribution is -0.384. The van der Waals surface area contributed by atoms with Crippen molar-refractivity contribution >= 4 is 23.6 Å². The number of rotatable bonds is 8. The Kier molecular flexibility index (Phi) is 7.76. The first kappa shape index (κ1) is 25.3. The Morgan fingerprint density at radius 3 is 2.20 bits per heavy atom. The third-order valence-electron chi connectivity index (χ3n) is 4.69. The Labute approximate surface area is 197 Å². The molecule has 3 rings (SSSR count). The van der Waals surface area contributed by atoms with Gasteiger partial charge >= 0.3 is 23.6 Å². The van der Waals surface area contributed by atoms with Crippen LogP contribution in [0.3, 0.4) is 0 Å². The second-order valence-electron chi connectivity index (χ2n) is 7.32. The zero-order valence-corrected chi connectivity index (χ0v) is 18.8. The molecule has 0 spiro atoms. The fourth-order valence-electron chi connectivity index (χ4n) is 3.32. The van der Waals surface area contributed by atoms with Gasteiger partial charge < -0.3 is 23.7 Å². The predicted molar refractivity (Wildman–Crippen MR) is 113 cm³/mol. The molecule has 1 fully saturated rings. The van der Waals surface area contributed by atoms with Crippen LogP contribution < -0.4 is 10.4 Å². The number of esters is 3. The third-order valence-corrected chi connectivity index (χ3v) is 4.69. The maximum absolute atomic E-state index is 12.8.